The molecule has 0 spiro atoms. The molecule has 7 nitrogen and oxygen atoms in total. The van der Waals surface area contributed by atoms with Crippen LogP contribution >= 0.6 is 0 Å². The van der Waals surface area contributed by atoms with Gasteiger partial charge >= 0.3 is 0 Å². The number of nitrogens with two attached hydrogens (primary N) is 1. The van der Waals surface area contributed by atoms with Crippen molar-refractivity contribution in [2.75, 3.05) is 26.8 Å². The first-order valence-electron chi connectivity index (χ1n) is 8.41. The van der Waals surface area contributed by atoms with Crippen molar-refractivity contribution in [2.24, 2.45) is 11.1 Å². The molecule has 0 saturated heterocycles. The molecule has 0 aromatic heterocycles. The number of carbonyl (C=O) groups is 1. The summed E-state index contributed by atoms with van der Waals surface area (Å²) in [5, 5.41) is 2.89. The van der Waals surface area contributed by atoms with Crippen molar-refractivity contribution in [1.82, 2.24) is 10.0 Å². The molecular weight excluding hydrogens is 342 g/mol. The van der Waals surface area contributed by atoms with Gasteiger partial charge in [-0.25, -0.2) is 13.1 Å². The fourth-order valence-electron chi connectivity index (χ4n) is 2.47. The van der Waals surface area contributed by atoms with Crippen molar-refractivity contribution < 1.29 is 17.9 Å². The SMILES string of the molecule is CCC(CC)(CN)C(=O)NCc1ccc(S(=O)(=O)NCCOC)cc1. The van der Waals surface area contributed by atoms with E-state index in [0.717, 1.165) is 5.56 Å². The van der Waals surface area contributed by atoms with Crippen LogP contribution in [0.25, 0.3) is 0 Å². The molecule has 0 fully saturated rings. The lowest BCUT2D eigenvalue weighted by atomic mass is 9.81. The van der Waals surface area contributed by atoms with Gasteiger partial charge in [-0.15, -0.1) is 0 Å². The molecule has 0 unspecified atom stereocenters. The third kappa shape index (κ3) is 5.78. The summed E-state index contributed by atoms with van der Waals surface area (Å²) in [5.74, 6) is -0.0714. The third-order valence-electron chi connectivity index (χ3n) is 4.51. The van der Waals surface area contributed by atoms with Crippen molar-refractivity contribution in [2.45, 2.75) is 38.1 Å². The largest absolute Gasteiger partial charge is 0.383 e. The number of amides is 1. The Morgan fingerprint density at radius 2 is 1.80 bits per heavy atom. The Morgan fingerprint density at radius 3 is 2.28 bits per heavy atom. The molecule has 0 radical (unpaired) electrons. The first-order chi connectivity index (χ1) is 11.8. The molecule has 1 aromatic rings. The first-order valence-corrected chi connectivity index (χ1v) is 9.89. The van der Waals surface area contributed by atoms with Gasteiger partial charge in [0, 0.05) is 26.7 Å². The van der Waals surface area contributed by atoms with Crippen LogP contribution in [0.5, 0.6) is 0 Å². The van der Waals surface area contributed by atoms with Gasteiger partial charge in [0.05, 0.1) is 16.9 Å². The zero-order valence-corrected chi connectivity index (χ0v) is 16.0. The fourth-order valence-corrected chi connectivity index (χ4v) is 3.48. The van der Waals surface area contributed by atoms with Crippen molar-refractivity contribution in [3.8, 4) is 0 Å². The van der Waals surface area contributed by atoms with Crippen LogP contribution in [-0.4, -0.2) is 41.1 Å². The molecule has 1 aromatic carbocycles. The summed E-state index contributed by atoms with van der Waals surface area (Å²) in [5.41, 5.74) is 6.05. The number of hydrogen-bond donors (Lipinski definition) is 3. The highest BCUT2D eigenvalue weighted by atomic mass is 32.2. The maximum atomic E-state index is 12.4. The second-order valence-electron chi connectivity index (χ2n) is 5.91. The van der Waals surface area contributed by atoms with Crippen LogP contribution in [-0.2, 0) is 26.1 Å². The lowest BCUT2D eigenvalue weighted by molar-refractivity contribution is -0.131. The summed E-state index contributed by atoms with van der Waals surface area (Å²) in [6, 6.07) is 6.42. The van der Waals surface area contributed by atoms with Crippen LogP contribution < -0.4 is 15.8 Å². The quantitative estimate of drug-likeness (QED) is 0.503. The number of methoxy groups -OCH3 is 1. The summed E-state index contributed by atoms with van der Waals surface area (Å²) < 4.78 is 31.4. The highest BCUT2D eigenvalue weighted by Gasteiger charge is 2.32. The van der Waals surface area contributed by atoms with Crippen molar-refractivity contribution >= 4 is 15.9 Å². The lowest BCUT2D eigenvalue weighted by Crippen LogP contribution is -2.45. The molecule has 0 aliphatic carbocycles. The van der Waals surface area contributed by atoms with Gasteiger partial charge in [0.25, 0.3) is 0 Å². The molecule has 0 heterocycles. The Kier molecular flexibility index (Phi) is 8.51. The minimum atomic E-state index is -3.55. The normalized spacial score (nSPS) is 12.2. The van der Waals surface area contributed by atoms with E-state index < -0.39 is 15.4 Å². The van der Waals surface area contributed by atoms with Gasteiger partial charge in [-0.3, -0.25) is 4.79 Å². The second kappa shape index (κ2) is 9.86. The Labute approximate surface area is 150 Å². The highest BCUT2D eigenvalue weighted by Crippen LogP contribution is 2.25. The van der Waals surface area contributed by atoms with Gasteiger partial charge in [0.15, 0.2) is 0 Å². The van der Waals surface area contributed by atoms with Crippen LogP contribution in [0.4, 0.5) is 0 Å². The van der Waals surface area contributed by atoms with Crippen molar-refractivity contribution in [3.05, 3.63) is 29.8 Å². The Balaban J connectivity index is 2.70. The number of sulfonamides is 1. The number of benzene rings is 1. The topological polar surface area (TPSA) is 111 Å². The van der Waals surface area contributed by atoms with Crippen LogP contribution in [0, 0.1) is 5.41 Å². The van der Waals surface area contributed by atoms with E-state index in [-0.39, 0.29) is 17.3 Å². The van der Waals surface area contributed by atoms with Crippen molar-refractivity contribution in [1.29, 1.82) is 0 Å². The van der Waals surface area contributed by atoms with Gasteiger partial charge < -0.3 is 15.8 Å². The average Bonchev–Trinajstić information content (AvgIpc) is 2.62. The molecular formula is C17H29N3O4S. The molecule has 1 amide bonds. The first kappa shape index (κ1) is 21.6. The molecule has 1 rings (SSSR count). The number of carbonyl (C=O) groups excluding carboxylic acids is 1. The van der Waals surface area contributed by atoms with Crippen LogP contribution in [0.2, 0.25) is 0 Å². The smallest absolute Gasteiger partial charge is 0.240 e. The predicted molar refractivity (Wildman–Crippen MR) is 97.4 cm³/mol. The van der Waals surface area contributed by atoms with E-state index in [4.69, 9.17) is 10.5 Å². The van der Waals surface area contributed by atoms with E-state index >= 15 is 0 Å². The van der Waals surface area contributed by atoms with E-state index in [2.05, 4.69) is 10.0 Å². The lowest BCUT2D eigenvalue weighted by Gasteiger charge is -2.28. The number of ether oxygens (including phenoxy) is 1. The molecule has 0 bridgehead atoms. The summed E-state index contributed by atoms with van der Waals surface area (Å²) in [4.78, 5) is 12.6. The molecule has 0 atom stereocenters. The fraction of sp³-hybridized carbons (Fsp3) is 0.588. The summed E-state index contributed by atoms with van der Waals surface area (Å²) in [6.45, 7) is 5.06. The van der Waals surface area contributed by atoms with Crippen LogP contribution in [0.1, 0.15) is 32.3 Å². The van der Waals surface area contributed by atoms with E-state index in [1.54, 1.807) is 12.1 Å². The molecule has 8 heteroatoms. The summed E-state index contributed by atoms with van der Waals surface area (Å²) in [7, 11) is -2.04. The van der Waals surface area contributed by atoms with Gasteiger partial charge in [-0.1, -0.05) is 26.0 Å². The number of rotatable bonds is 11. The van der Waals surface area contributed by atoms with Gasteiger partial charge in [-0.05, 0) is 30.5 Å². The Bertz CT molecular complexity index is 632. The van der Waals surface area contributed by atoms with Crippen LogP contribution in [0.15, 0.2) is 29.2 Å². The third-order valence-corrected chi connectivity index (χ3v) is 5.99. The standard InChI is InChI=1S/C17H29N3O4S/c1-4-17(5-2,13-18)16(21)19-12-14-6-8-15(9-7-14)25(22,23)20-10-11-24-3/h6-9,20H,4-5,10-13,18H2,1-3H3,(H,19,21). The number of hydrogen-bond acceptors (Lipinski definition) is 5. The maximum absolute atomic E-state index is 12.4. The molecule has 0 saturated carbocycles. The molecule has 0 aliphatic rings. The molecule has 0 aliphatic heterocycles. The van der Waals surface area contributed by atoms with Gasteiger partial charge in [0.2, 0.25) is 15.9 Å². The minimum absolute atomic E-state index is 0.0714. The maximum Gasteiger partial charge on any atom is 0.240 e. The van der Waals surface area contributed by atoms with E-state index in [1.165, 1.54) is 19.2 Å². The highest BCUT2D eigenvalue weighted by molar-refractivity contribution is 7.89. The zero-order valence-electron chi connectivity index (χ0n) is 15.2. The van der Waals surface area contributed by atoms with Gasteiger partial charge in [0.1, 0.15) is 0 Å². The molecule has 142 valence electrons. The Morgan fingerprint density at radius 1 is 1.20 bits per heavy atom. The second-order valence-corrected chi connectivity index (χ2v) is 7.68. The van der Waals surface area contributed by atoms with Gasteiger partial charge in [-0.2, -0.15) is 0 Å². The monoisotopic (exact) mass is 371 g/mol. The van der Waals surface area contributed by atoms with Crippen LogP contribution in [0.3, 0.4) is 0 Å². The average molecular weight is 372 g/mol. The molecule has 25 heavy (non-hydrogen) atoms. The minimum Gasteiger partial charge on any atom is -0.383 e. The zero-order chi connectivity index (χ0) is 18.9. The van der Waals surface area contributed by atoms with E-state index in [1.807, 2.05) is 13.8 Å². The predicted octanol–water partition coefficient (Wildman–Crippen LogP) is 0.993. The van der Waals surface area contributed by atoms with Crippen molar-refractivity contribution in [3.63, 3.8) is 0 Å². The Hall–Kier alpha value is -1.48. The number of nitrogens with one attached hydrogen (secondary N) is 2. The summed E-state index contributed by atoms with van der Waals surface area (Å²) in [6.07, 6.45) is 1.35. The van der Waals surface area contributed by atoms with E-state index in [0.29, 0.717) is 32.5 Å². The summed E-state index contributed by atoms with van der Waals surface area (Å²) >= 11 is 0. The molecule has 4 N–H and O–H groups in total. The van der Waals surface area contributed by atoms with E-state index in [9.17, 15) is 13.2 Å².